The lowest BCUT2D eigenvalue weighted by Gasteiger charge is -2.05. The van der Waals surface area contributed by atoms with Crippen molar-refractivity contribution in [1.82, 2.24) is 19.7 Å². The molecule has 0 radical (unpaired) electrons. The molecule has 0 spiro atoms. The minimum Gasteiger partial charge on any atom is -0.388 e. The van der Waals surface area contributed by atoms with Crippen LogP contribution in [0.3, 0.4) is 0 Å². The largest absolute Gasteiger partial charge is 0.388 e. The number of thiocarbonyl (C=S) groups is 1. The predicted molar refractivity (Wildman–Crippen MR) is 73.8 cm³/mol. The van der Waals surface area contributed by atoms with Crippen molar-refractivity contribution in [3.05, 3.63) is 29.8 Å². The highest BCUT2D eigenvalue weighted by atomic mass is 32.1. The molecule has 0 saturated heterocycles. The summed E-state index contributed by atoms with van der Waals surface area (Å²) in [7, 11) is 0. The molecular weight excluding hydrogens is 248 g/mol. The van der Waals surface area contributed by atoms with E-state index < -0.39 is 0 Å². The first kappa shape index (κ1) is 12.4. The van der Waals surface area contributed by atoms with E-state index in [4.69, 9.17) is 18.0 Å². The van der Waals surface area contributed by atoms with Crippen LogP contribution in [0.25, 0.3) is 0 Å². The number of rotatable bonds is 4. The molecule has 2 aromatic heterocycles. The van der Waals surface area contributed by atoms with Crippen molar-refractivity contribution < 1.29 is 0 Å². The Balaban J connectivity index is 2.25. The lowest BCUT2D eigenvalue weighted by atomic mass is 10.3. The molecule has 7 heteroatoms. The number of aryl methyl sites for hydroxylation is 2. The van der Waals surface area contributed by atoms with Gasteiger partial charge in [-0.1, -0.05) is 12.2 Å². The number of anilines is 2. The van der Waals surface area contributed by atoms with E-state index in [2.05, 4.69) is 20.4 Å². The first-order valence-electron chi connectivity index (χ1n) is 5.53. The van der Waals surface area contributed by atoms with E-state index in [1.807, 2.05) is 24.7 Å². The van der Waals surface area contributed by atoms with Crippen molar-refractivity contribution in [2.45, 2.75) is 20.4 Å². The van der Waals surface area contributed by atoms with Crippen molar-refractivity contribution in [2.24, 2.45) is 5.73 Å². The lowest BCUT2D eigenvalue weighted by Crippen LogP contribution is -2.13. The number of hydrogen-bond acceptors (Lipinski definition) is 5. The normalized spacial score (nSPS) is 10.3. The second-order valence-electron chi connectivity index (χ2n) is 3.79. The van der Waals surface area contributed by atoms with Gasteiger partial charge in [-0.25, -0.2) is 9.97 Å². The molecule has 2 heterocycles. The fourth-order valence-corrected chi connectivity index (χ4v) is 1.59. The molecule has 0 atom stereocenters. The topological polar surface area (TPSA) is 81.7 Å². The highest BCUT2D eigenvalue weighted by Crippen LogP contribution is 2.12. The van der Waals surface area contributed by atoms with Crippen molar-refractivity contribution in [1.29, 1.82) is 0 Å². The summed E-state index contributed by atoms with van der Waals surface area (Å²) in [6.07, 6.45) is 3.60. The molecule has 0 aliphatic heterocycles. The zero-order valence-electron chi connectivity index (χ0n) is 10.2. The smallest absolute Gasteiger partial charge is 0.228 e. The van der Waals surface area contributed by atoms with E-state index in [1.54, 1.807) is 12.3 Å². The zero-order chi connectivity index (χ0) is 13.1. The Bertz CT molecular complexity index is 577. The van der Waals surface area contributed by atoms with Gasteiger partial charge in [0.2, 0.25) is 5.95 Å². The predicted octanol–water partition coefficient (Wildman–Crippen LogP) is 1.38. The molecule has 0 aromatic carbocycles. The van der Waals surface area contributed by atoms with Crippen LogP contribution in [0.15, 0.2) is 18.5 Å². The Hall–Kier alpha value is -2.02. The Morgan fingerprint density at radius 2 is 2.28 bits per heavy atom. The van der Waals surface area contributed by atoms with Gasteiger partial charge < -0.3 is 11.1 Å². The first-order valence-corrected chi connectivity index (χ1v) is 5.94. The summed E-state index contributed by atoms with van der Waals surface area (Å²) < 4.78 is 1.81. The van der Waals surface area contributed by atoms with Crippen LogP contribution in [0, 0.1) is 6.92 Å². The van der Waals surface area contributed by atoms with Gasteiger partial charge in [-0.3, -0.25) is 4.68 Å². The summed E-state index contributed by atoms with van der Waals surface area (Å²) in [6, 6.07) is 1.75. The maximum atomic E-state index is 5.57. The minimum absolute atomic E-state index is 0.257. The Kier molecular flexibility index (Phi) is 3.52. The van der Waals surface area contributed by atoms with Crippen LogP contribution in [0.2, 0.25) is 0 Å². The molecule has 0 bridgehead atoms. The summed E-state index contributed by atoms with van der Waals surface area (Å²) in [5.74, 6) is 0.466. The van der Waals surface area contributed by atoms with Crippen molar-refractivity contribution in [3.8, 4) is 0 Å². The molecule has 2 aromatic rings. The number of nitrogens with zero attached hydrogens (tertiary/aromatic N) is 4. The number of aromatic nitrogens is 4. The maximum Gasteiger partial charge on any atom is 0.228 e. The number of nitrogens with two attached hydrogens (primary N) is 1. The van der Waals surface area contributed by atoms with Crippen LogP contribution >= 0.6 is 12.2 Å². The van der Waals surface area contributed by atoms with Crippen molar-refractivity contribution in [3.63, 3.8) is 0 Å². The van der Waals surface area contributed by atoms with Gasteiger partial charge in [0.25, 0.3) is 0 Å². The summed E-state index contributed by atoms with van der Waals surface area (Å²) in [4.78, 5) is 8.77. The van der Waals surface area contributed by atoms with E-state index in [1.165, 1.54) is 0 Å². The van der Waals surface area contributed by atoms with Gasteiger partial charge in [0.15, 0.2) is 0 Å². The Morgan fingerprint density at radius 1 is 1.50 bits per heavy atom. The fourth-order valence-electron chi connectivity index (χ4n) is 1.48. The Morgan fingerprint density at radius 3 is 2.89 bits per heavy atom. The molecule has 0 aliphatic carbocycles. The van der Waals surface area contributed by atoms with Gasteiger partial charge in [0.05, 0.1) is 11.9 Å². The molecule has 6 nitrogen and oxygen atoms in total. The Labute approximate surface area is 110 Å². The molecule has 18 heavy (non-hydrogen) atoms. The van der Waals surface area contributed by atoms with Crippen LogP contribution in [0.5, 0.6) is 0 Å². The van der Waals surface area contributed by atoms with Crippen LogP contribution in [0.1, 0.15) is 18.3 Å². The third-order valence-corrected chi connectivity index (χ3v) is 2.53. The first-order chi connectivity index (χ1) is 8.58. The van der Waals surface area contributed by atoms with Gasteiger partial charge in [0, 0.05) is 18.4 Å². The van der Waals surface area contributed by atoms with Crippen molar-refractivity contribution in [2.75, 3.05) is 5.32 Å². The quantitative estimate of drug-likeness (QED) is 0.810. The molecule has 2 rings (SSSR count). The molecule has 0 saturated carbocycles. The van der Waals surface area contributed by atoms with Gasteiger partial charge in [-0.2, -0.15) is 5.10 Å². The standard InChI is InChI=1S/C11H14N6S/c1-3-17-6-8(5-13-17)15-11-14-7(2)4-9(16-11)10(12)18/h4-6H,3H2,1-2H3,(H2,12,18)(H,14,15,16). The molecule has 3 N–H and O–H groups in total. The molecule has 0 fully saturated rings. The molecule has 0 aliphatic rings. The third-order valence-electron chi connectivity index (χ3n) is 2.32. The van der Waals surface area contributed by atoms with Crippen LogP contribution in [-0.2, 0) is 6.54 Å². The summed E-state index contributed by atoms with van der Waals surface area (Å²) in [6.45, 7) is 4.70. The third kappa shape index (κ3) is 2.80. The monoisotopic (exact) mass is 262 g/mol. The maximum absolute atomic E-state index is 5.57. The van der Waals surface area contributed by atoms with E-state index in [0.29, 0.717) is 11.6 Å². The van der Waals surface area contributed by atoms with Crippen LogP contribution in [0.4, 0.5) is 11.6 Å². The highest BCUT2D eigenvalue weighted by Gasteiger charge is 2.05. The fraction of sp³-hybridized carbons (Fsp3) is 0.273. The number of nitrogens with one attached hydrogen (secondary N) is 1. The minimum atomic E-state index is 0.257. The van der Waals surface area contributed by atoms with Gasteiger partial charge >= 0.3 is 0 Å². The SMILES string of the molecule is CCn1cc(Nc2nc(C)cc(C(N)=S)n2)cn1. The second kappa shape index (κ2) is 5.09. The zero-order valence-corrected chi connectivity index (χ0v) is 11.0. The van der Waals surface area contributed by atoms with Crippen LogP contribution in [-0.4, -0.2) is 24.7 Å². The van der Waals surface area contributed by atoms with E-state index in [9.17, 15) is 0 Å². The second-order valence-corrected chi connectivity index (χ2v) is 4.23. The van der Waals surface area contributed by atoms with Gasteiger partial charge in [-0.15, -0.1) is 0 Å². The highest BCUT2D eigenvalue weighted by molar-refractivity contribution is 7.80. The van der Waals surface area contributed by atoms with Gasteiger partial charge in [-0.05, 0) is 19.9 Å². The van der Waals surface area contributed by atoms with Crippen LogP contribution < -0.4 is 11.1 Å². The summed E-state index contributed by atoms with van der Waals surface area (Å²) >= 11 is 4.91. The van der Waals surface area contributed by atoms with Crippen molar-refractivity contribution >= 4 is 28.8 Å². The summed E-state index contributed by atoms with van der Waals surface area (Å²) in [5.41, 5.74) is 7.76. The lowest BCUT2D eigenvalue weighted by molar-refractivity contribution is 0.660. The molecule has 0 amide bonds. The molecule has 0 unspecified atom stereocenters. The van der Waals surface area contributed by atoms with Gasteiger partial charge in [0.1, 0.15) is 10.7 Å². The average molecular weight is 262 g/mol. The van der Waals surface area contributed by atoms with E-state index in [0.717, 1.165) is 17.9 Å². The van der Waals surface area contributed by atoms with E-state index in [-0.39, 0.29) is 4.99 Å². The van der Waals surface area contributed by atoms with E-state index >= 15 is 0 Å². The average Bonchev–Trinajstić information content (AvgIpc) is 2.76. The molecule has 94 valence electrons. The molecular formula is C11H14N6S. The number of hydrogen-bond donors (Lipinski definition) is 2. The summed E-state index contributed by atoms with van der Waals surface area (Å²) in [5, 5.41) is 7.23.